The van der Waals surface area contributed by atoms with Gasteiger partial charge in [-0.1, -0.05) is 274 Å². The molecule has 0 aliphatic carbocycles. The number of allylic oxidation sites excluding steroid dienone is 7. The van der Waals surface area contributed by atoms with Gasteiger partial charge in [0.15, 0.2) is 0 Å². The average molecular weight is 1030 g/mol. The Morgan fingerprint density at radius 2 is 0.819 bits per heavy atom. The fraction of sp³-hybridized carbons (Fsp3) is 0.857. The Hall–Kier alpha value is -1.54. The van der Waals surface area contributed by atoms with Gasteiger partial charge in [-0.15, -0.1) is 0 Å². The highest BCUT2D eigenvalue weighted by Gasteiger charge is 2.23. The maximum atomic E-state index is 13.0. The van der Waals surface area contributed by atoms with Gasteiger partial charge >= 0.3 is 0 Å². The number of carbonyl (C=O) groups excluding carboxylic acids is 1. The zero-order chi connectivity index (χ0) is 52.7. The van der Waals surface area contributed by atoms with Gasteiger partial charge in [0.2, 0.25) is 5.91 Å². The van der Waals surface area contributed by atoms with Crippen molar-refractivity contribution in [3.63, 3.8) is 0 Å². The summed E-state index contributed by atoms with van der Waals surface area (Å²) in [4.78, 5) is 25.5. The molecule has 8 nitrogen and oxygen atoms in total. The number of rotatable bonds is 57. The molecule has 2 N–H and O–H groups in total. The predicted molar refractivity (Wildman–Crippen MR) is 311 cm³/mol. The lowest BCUT2D eigenvalue weighted by molar-refractivity contribution is -0.870. The second kappa shape index (κ2) is 54.3. The van der Waals surface area contributed by atoms with E-state index in [0.717, 1.165) is 44.9 Å². The van der Waals surface area contributed by atoms with Gasteiger partial charge in [-0.25, -0.2) is 0 Å². The topological polar surface area (TPSA) is 108 Å². The van der Waals surface area contributed by atoms with Gasteiger partial charge < -0.3 is 28.8 Å². The average Bonchev–Trinajstić information content (AvgIpc) is 3.34. The van der Waals surface area contributed by atoms with Crippen molar-refractivity contribution in [2.24, 2.45) is 0 Å². The Morgan fingerprint density at radius 1 is 0.486 bits per heavy atom. The number of likely N-dealkylation sites (N-methyl/N-ethyl adjacent to an activating group) is 1. The number of quaternary nitrogens is 1. The SMILES string of the molecule is CCCCCCC/C=C\C/C=C\CCCCCCCCCCCCCCCC(=O)NC(COP(=O)([O-])OCC[N+](C)(C)C)C(O)/C=C/CC/C=C/CCCCCCCCCCCCCCCCCCCCC. The predicted octanol–water partition coefficient (Wildman–Crippen LogP) is 18.5. The van der Waals surface area contributed by atoms with E-state index in [1.165, 1.54) is 231 Å². The number of hydrogen-bond acceptors (Lipinski definition) is 6. The van der Waals surface area contributed by atoms with Gasteiger partial charge in [0.1, 0.15) is 13.2 Å². The normalized spacial score (nSPS) is 14.2. The van der Waals surface area contributed by atoms with E-state index in [1.807, 2.05) is 27.2 Å². The van der Waals surface area contributed by atoms with Crippen LogP contribution in [0.4, 0.5) is 0 Å². The number of phosphoric ester groups is 1. The number of aliphatic hydroxyl groups excluding tert-OH is 1. The minimum Gasteiger partial charge on any atom is -0.756 e. The molecular weight excluding hydrogens is 912 g/mol. The molecule has 0 aliphatic heterocycles. The molecule has 72 heavy (non-hydrogen) atoms. The van der Waals surface area contributed by atoms with Crippen molar-refractivity contribution >= 4 is 13.7 Å². The molecule has 0 aliphatic rings. The number of carbonyl (C=O) groups is 1. The molecule has 0 spiro atoms. The van der Waals surface area contributed by atoms with E-state index in [4.69, 9.17) is 9.05 Å². The van der Waals surface area contributed by atoms with Crippen molar-refractivity contribution in [1.29, 1.82) is 0 Å². The first-order valence-electron chi connectivity index (χ1n) is 31.0. The highest BCUT2D eigenvalue weighted by atomic mass is 31.2. The van der Waals surface area contributed by atoms with Gasteiger partial charge in [0.25, 0.3) is 7.82 Å². The zero-order valence-corrected chi connectivity index (χ0v) is 49.3. The quantitative estimate of drug-likeness (QED) is 0.0272. The first kappa shape index (κ1) is 70.5. The largest absolute Gasteiger partial charge is 0.756 e. The molecule has 0 aromatic heterocycles. The van der Waals surface area contributed by atoms with E-state index in [-0.39, 0.29) is 12.5 Å². The van der Waals surface area contributed by atoms with Crippen LogP contribution in [0, 0.1) is 0 Å². The molecule has 424 valence electrons. The Kier molecular flexibility index (Phi) is 53.1. The van der Waals surface area contributed by atoms with Crippen molar-refractivity contribution in [2.75, 3.05) is 40.9 Å². The summed E-state index contributed by atoms with van der Waals surface area (Å²) in [6, 6.07) is -0.905. The first-order valence-corrected chi connectivity index (χ1v) is 32.5. The van der Waals surface area contributed by atoms with Crippen LogP contribution >= 0.6 is 7.82 Å². The summed E-state index contributed by atoms with van der Waals surface area (Å²) in [6.07, 6.45) is 72.0. The van der Waals surface area contributed by atoms with E-state index in [0.29, 0.717) is 17.4 Å². The number of phosphoric acid groups is 1. The molecular formula is C63H121N2O6P. The first-order chi connectivity index (χ1) is 35.0. The van der Waals surface area contributed by atoms with Gasteiger partial charge in [-0.05, 0) is 64.2 Å². The summed E-state index contributed by atoms with van der Waals surface area (Å²) in [5.74, 6) is -0.205. The van der Waals surface area contributed by atoms with E-state index >= 15 is 0 Å². The summed E-state index contributed by atoms with van der Waals surface area (Å²) in [5, 5.41) is 13.9. The van der Waals surface area contributed by atoms with Crippen LogP contribution in [-0.2, 0) is 18.4 Å². The molecule has 0 saturated carbocycles. The minimum absolute atomic E-state index is 0.00653. The highest BCUT2D eigenvalue weighted by Crippen LogP contribution is 2.38. The summed E-state index contributed by atoms with van der Waals surface area (Å²) >= 11 is 0. The Morgan fingerprint density at radius 3 is 1.21 bits per heavy atom. The molecule has 0 rings (SSSR count). The third kappa shape index (κ3) is 56.2. The molecule has 0 heterocycles. The van der Waals surface area contributed by atoms with Crippen molar-refractivity contribution in [2.45, 2.75) is 309 Å². The van der Waals surface area contributed by atoms with E-state index in [9.17, 15) is 19.4 Å². The van der Waals surface area contributed by atoms with Gasteiger partial charge in [0, 0.05) is 6.42 Å². The minimum atomic E-state index is -4.61. The maximum Gasteiger partial charge on any atom is 0.268 e. The van der Waals surface area contributed by atoms with Crippen LogP contribution in [0.3, 0.4) is 0 Å². The Balaban J connectivity index is 4.20. The molecule has 0 aromatic carbocycles. The van der Waals surface area contributed by atoms with Crippen molar-refractivity contribution in [3.05, 3.63) is 48.6 Å². The molecule has 9 heteroatoms. The van der Waals surface area contributed by atoms with E-state index in [1.54, 1.807) is 6.08 Å². The fourth-order valence-electron chi connectivity index (χ4n) is 9.14. The van der Waals surface area contributed by atoms with Crippen LogP contribution in [0.5, 0.6) is 0 Å². The molecule has 0 fully saturated rings. The summed E-state index contributed by atoms with van der Waals surface area (Å²) in [5.41, 5.74) is 0. The molecule has 0 aromatic rings. The smallest absolute Gasteiger partial charge is 0.268 e. The fourth-order valence-corrected chi connectivity index (χ4v) is 9.87. The second-order valence-electron chi connectivity index (χ2n) is 22.4. The van der Waals surface area contributed by atoms with Crippen molar-refractivity contribution < 1.29 is 32.9 Å². The van der Waals surface area contributed by atoms with Crippen LogP contribution in [0.25, 0.3) is 0 Å². The van der Waals surface area contributed by atoms with Crippen molar-refractivity contribution in [1.82, 2.24) is 5.32 Å². The standard InChI is InChI=1S/C63H121N2O6P/c1-6-8-10-12-14-16-18-20-22-24-26-28-30-32-34-36-38-40-42-44-46-48-50-52-54-56-62(66)61(60-71-72(68,69)70-59-58-65(3,4)5)64-63(67)57-55-53-51-49-47-45-43-41-39-37-35-33-31-29-27-25-23-21-19-17-15-13-11-9-7-2/h19,21,25,27,46,48,54,56,61-62,66H,6-18,20,22-24,26,28-45,47,49-53,55,57-60H2,1-5H3,(H-,64,67,68,69)/b21-19-,27-25-,48-46+,56-54+. The lowest BCUT2D eigenvalue weighted by Crippen LogP contribution is -2.45. The summed E-state index contributed by atoms with van der Waals surface area (Å²) in [6.45, 7) is 4.65. The lowest BCUT2D eigenvalue weighted by Gasteiger charge is -2.29. The van der Waals surface area contributed by atoms with Crippen LogP contribution < -0.4 is 10.2 Å². The number of unbranched alkanes of at least 4 members (excludes halogenated alkanes) is 38. The third-order valence-corrected chi connectivity index (χ3v) is 15.0. The number of amides is 1. The summed E-state index contributed by atoms with van der Waals surface area (Å²) in [7, 11) is 1.25. The second-order valence-corrected chi connectivity index (χ2v) is 23.8. The Labute approximate surface area is 448 Å². The van der Waals surface area contributed by atoms with Gasteiger partial charge in [0.05, 0.1) is 39.9 Å². The maximum absolute atomic E-state index is 13.0. The van der Waals surface area contributed by atoms with Crippen LogP contribution in [0.2, 0.25) is 0 Å². The van der Waals surface area contributed by atoms with Crippen molar-refractivity contribution in [3.8, 4) is 0 Å². The summed E-state index contributed by atoms with van der Waals surface area (Å²) < 4.78 is 23.4. The van der Waals surface area contributed by atoms with Crippen LogP contribution in [0.15, 0.2) is 48.6 Å². The van der Waals surface area contributed by atoms with E-state index in [2.05, 4.69) is 55.6 Å². The molecule has 0 bridgehead atoms. The lowest BCUT2D eigenvalue weighted by atomic mass is 10.0. The monoisotopic (exact) mass is 1030 g/mol. The molecule has 3 atom stereocenters. The zero-order valence-electron chi connectivity index (χ0n) is 48.4. The molecule has 1 amide bonds. The van der Waals surface area contributed by atoms with Gasteiger partial charge in [-0.3, -0.25) is 9.36 Å². The molecule has 0 radical (unpaired) electrons. The number of hydrogen-bond donors (Lipinski definition) is 2. The number of nitrogens with zero attached hydrogens (tertiary/aromatic N) is 1. The van der Waals surface area contributed by atoms with E-state index < -0.39 is 26.6 Å². The molecule has 3 unspecified atom stereocenters. The highest BCUT2D eigenvalue weighted by molar-refractivity contribution is 7.45. The van der Waals surface area contributed by atoms with Crippen LogP contribution in [0.1, 0.15) is 296 Å². The number of aliphatic hydroxyl groups is 1. The molecule has 0 saturated heterocycles. The third-order valence-electron chi connectivity index (χ3n) is 14.0. The van der Waals surface area contributed by atoms with Gasteiger partial charge in [-0.2, -0.15) is 0 Å². The number of nitrogens with one attached hydrogen (secondary N) is 1. The van der Waals surface area contributed by atoms with Crippen LogP contribution in [-0.4, -0.2) is 68.5 Å². The Bertz CT molecular complexity index is 1310.